The van der Waals surface area contributed by atoms with Crippen LogP contribution in [0.1, 0.15) is 46.0 Å². The Kier molecular flexibility index (Phi) is 44.7. The largest absolute Gasteiger partial charge is 0.393 e. The Hall–Kier alpha value is 6.50. The van der Waals surface area contributed by atoms with Crippen molar-refractivity contribution in [2.45, 2.75) is 63.8 Å². The molecule has 0 bridgehead atoms. The van der Waals surface area contributed by atoms with Crippen LogP contribution in [0.25, 0.3) is 0 Å². The van der Waals surface area contributed by atoms with Crippen molar-refractivity contribution in [3.8, 4) is 0 Å². The molecule has 1 aliphatic carbocycles. The summed E-state index contributed by atoms with van der Waals surface area (Å²) in [4.78, 5) is 0. The van der Waals surface area contributed by atoms with E-state index in [1.165, 1.54) is 0 Å². The van der Waals surface area contributed by atoms with E-state index in [1.807, 2.05) is 0 Å². The van der Waals surface area contributed by atoms with Gasteiger partial charge in [0.15, 0.2) is 0 Å². The summed E-state index contributed by atoms with van der Waals surface area (Å²) in [5.74, 6) is -0.0461. The molecule has 0 aromatic heterocycles. The molecule has 2 atom stereocenters. The molecule has 0 spiro atoms. The average Bonchev–Trinajstić information content (AvgIpc) is 2.00. The predicted octanol–water partition coefficient (Wildman–Crippen LogP) is 1.04. The molecule has 1 fully saturated rings. The molecule has 1 rings (SSSR count). The summed E-state index contributed by atoms with van der Waals surface area (Å²) in [6.07, 6.45) is 2.62. The van der Waals surface area contributed by atoms with E-state index in [1.54, 1.807) is 6.92 Å². The zero-order chi connectivity index (χ0) is 10.8. The Balaban J connectivity index is -0.0000000817. The Morgan fingerprint density at radius 1 is 0.900 bits per heavy atom. The smallest absolute Gasteiger partial charge is 0.0669 e. The van der Waals surface area contributed by atoms with Crippen molar-refractivity contribution in [2.24, 2.45) is 5.92 Å². The standard InChI is InChI=1S/C11H22O3.6Y/c1-3-4-5-8-9(12)6-11(2,14)7-10(8)13;;;;;;/h8-10,12-14H,3-7H2,1-2H3;;;;;;/t8?,9-,10-,11?;;;;;;/m1....../s1. The van der Waals surface area contributed by atoms with Gasteiger partial charge >= 0.3 is 0 Å². The second kappa shape index (κ2) is 21.8. The van der Waals surface area contributed by atoms with Gasteiger partial charge in [0, 0.05) is 215 Å². The third-order valence-corrected chi connectivity index (χ3v) is 3.18. The van der Waals surface area contributed by atoms with Gasteiger partial charge in [-0.3, -0.25) is 0 Å². The molecule has 3 N–H and O–H groups in total. The molecule has 0 aromatic carbocycles. The molecule has 0 aliphatic heterocycles. The van der Waals surface area contributed by atoms with Crippen LogP contribution < -0.4 is 0 Å². The maximum Gasteiger partial charge on any atom is 0.0669 e. The van der Waals surface area contributed by atoms with E-state index < -0.39 is 17.8 Å². The van der Waals surface area contributed by atoms with E-state index >= 15 is 0 Å². The molecule has 1 aliphatic rings. The van der Waals surface area contributed by atoms with Crippen LogP contribution >= 0.6 is 0 Å². The molecule has 1 saturated carbocycles. The van der Waals surface area contributed by atoms with E-state index in [0.29, 0.717) is 12.8 Å². The van der Waals surface area contributed by atoms with Gasteiger partial charge < -0.3 is 15.3 Å². The van der Waals surface area contributed by atoms with Crippen LogP contribution in [0.5, 0.6) is 0 Å². The van der Waals surface area contributed by atoms with Crippen LogP contribution in [0.15, 0.2) is 0 Å². The molecule has 0 unspecified atom stereocenters. The number of rotatable bonds is 3. The fourth-order valence-electron chi connectivity index (χ4n) is 2.37. The summed E-state index contributed by atoms with van der Waals surface area (Å²) in [7, 11) is 0. The van der Waals surface area contributed by atoms with Crippen molar-refractivity contribution in [3.63, 3.8) is 0 Å². The van der Waals surface area contributed by atoms with Crippen LogP contribution in [0, 0.1) is 5.92 Å². The molecule has 102 valence electrons. The molecular weight excluding hydrogens is 714 g/mol. The number of hydrogen-bond acceptors (Lipinski definition) is 3. The summed E-state index contributed by atoms with van der Waals surface area (Å²) < 4.78 is 0. The zero-order valence-corrected chi connectivity index (χ0v) is 29.6. The van der Waals surface area contributed by atoms with Gasteiger partial charge in [-0.2, -0.15) is 0 Å². The third-order valence-electron chi connectivity index (χ3n) is 3.18. The summed E-state index contributed by atoms with van der Waals surface area (Å²) >= 11 is 0. The zero-order valence-electron chi connectivity index (χ0n) is 12.6. The molecule has 0 aromatic rings. The van der Waals surface area contributed by atoms with Crippen LogP contribution in [0.4, 0.5) is 0 Å². The van der Waals surface area contributed by atoms with E-state index in [9.17, 15) is 15.3 Å². The van der Waals surface area contributed by atoms with E-state index in [-0.39, 0.29) is 202 Å². The predicted molar refractivity (Wildman–Crippen MR) is 54.9 cm³/mol. The van der Waals surface area contributed by atoms with Crippen molar-refractivity contribution in [3.05, 3.63) is 0 Å². The number of aliphatic hydroxyl groups is 3. The van der Waals surface area contributed by atoms with Crippen LogP contribution in [0.3, 0.4) is 0 Å². The van der Waals surface area contributed by atoms with E-state index in [0.717, 1.165) is 19.3 Å². The van der Waals surface area contributed by atoms with E-state index in [4.69, 9.17) is 0 Å². The van der Waals surface area contributed by atoms with Gasteiger partial charge in [0.05, 0.1) is 17.8 Å². The Morgan fingerprint density at radius 2 is 1.25 bits per heavy atom. The maximum atomic E-state index is 9.78. The molecule has 0 heterocycles. The quantitative estimate of drug-likeness (QED) is 0.407. The normalized spacial score (nSPS) is 30.8. The molecule has 20 heavy (non-hydrogen) atoms. The fourth-order valence-corrected chi connectivity index (χ4v) is 2.37. The summed E-state index contributed by atoms with van der Waals surface area (Å²) in [6, 6.07) is 0. The van der Waals surface area contributed by atoms with Gasteiger partial charge in [0.25, 0.3) is 0 Å². The molecule has 6 radical (unpaired) electrons. The fraction of sp³-hybridized carbons (Fsp3) is 1.00. The third kappa shape index (κ3) is 16.7. The monoisotopic (exact) mass is 736 g/mol. The van der Waals surface area contributed by atoms with Crippen molar-refractivity contribution < 1.29 is 212 Å². The second-order valence-electron chi connectivity index (χ2n) is 4.85. The van der Waals surface area contributed by atoms with Gasteiger partial charge in [-0.25, -0.2) is 0 Å². The SMILES string of the molecule is CCCCC1[C@H](O)CC(C)(O)C[C@H]1O.[Y].[Y].[Y].[Y].[Y].[Y]. The minimum atomic E-state index is -0.901. The minimum absolute atomic E-state index is 0. The molecule has 0 saturated heterocycles. The van der Waals surface area contributed by atoms with Crippen LogP contribution in [-0.4, -0.2) is 33.1 Å². The van der Waals surface area contributed by atoms with Crippen LogP contribution in [0.2, 0.25) is 0 Å². The van der Waals surface area contributed by atoms with E-state index in [2.05, 4.69) is 6.92 Å². The Labute approximate surface area is 274 Å². The first-order chi connectivity index (χ1) is 6.46. The number of hydrogen-bond donors (Lipinski definition) is 3. The number of unbranched alkanes of at least 4 members (excludes halogenated alkanes) is 1. The first kappa shape index (κ1) is 41.0. The topological polar surface area (TPSA) is 60.7 Å². The average molecular weight is 736 g/mol. The first-order valence-corrected chi connectivity index (χ1v) is 5.55. The molecular formula is C11H22O3Y6. The van der Waals surface area contributed by atoms with Gasteiger partial charge in [-0.15, -0.1) is 0 Å². The van der Waals surface area contributed by atoms with Crippen LogP contribution in [-0.2, 0) is 196 Å². The van der Waals surface area contributed by atoms with Gasteiger partial charge in [-0.1, -0.05) is 19.8 Å². The van der Waals surface area contributed by atoms with Crippen molar-refractivity contribution in [1.82, 2.24) is 0 Å². The summed E-state index contributed by atoms with van der Waals surface area (Å²) in [5, 5.41) is 29.3. The summed E-state index contributed by atoms with van der Waals surface area (Å²) in [6.45, 7) is 3.77. The second-order valence-corrected chi connectivity index (χ2v) is 4.85. The first-order valence-electron chi connectivity index (χ1n) is 5.55. The minimum Gasteiger partial charge on any atom is -0.393 e. The molecule has 0 amide bonds. The van der Waals surface area contributed by atoms with Gasteiger partial charge in [0.1, 0.15) is 0 Å². The van der Waals surface area contributed by atoms with Crippen molar-refractivity contribution >= 4 is 0 Å². The Morgan fingerprint density at radius 3 is 1.55 bits per heavy atom. The summed E-state index contributed by atoms with van der Waals surface area (Å²) in [5.41, 5.74) is -0.901. The maximum absolute atomic E-state index is 9.78. The van der Waals surface area contributed by atoms with Crippen molar-refractivity contribution in [2.75, 3.05) is 0 Å². The molecule has 3 nitrogen and oxygen atoms in total. The molecule has 9 heteroatoms. The number of aliphatic hydroxyl groups excluding tert-OH is 2. The van der Waals surface area contributed by atoms with Gasteiger partial charge in [-0.05, 0) is 13.3 Å². The van der Waals surface area contributed by atoms with Crippen molar-refractivity contribution in [1.29, 1.82) is 0 Å². The van der Waals surface area contributed by atoms with Gasteiger partial charge in [0.2, 0.25) is 0 Å². The Bertz CT molecular complexity index is 183.